The number of amides is 2. The number of carbonyl (C=O) groups is 1. The molecular formula is C24H32ClN5O. The molecule has 3 rings (SSSR count). The molecule has 2 amide bonds. The Morgan fingerprint density at radius 1 is 1.06 bits per heavy atom. The fourth-order valence-electron chi connectivity index (χ4n) is 3.29. The molecule has 0 saturated heterocycles. The third kappa shape index (κ3) is 6.31. The molecule has 0 aliphatic heterocycles. The standard InChI is InChI=1S/C24H31N5O.ClH/c1-15-7-8-18(29-23(30)26-10-9-24(3,4)5)12-19(15)20-11-17-14-27-22(25-6)13-21(17)28-16(20)2;/h7-8,11-14H,9-10H2,1-6H3,(H,25,27)(H2,26,29,30);1H. The number of aromatic nitrogens is 2. The second-order valence-electron chi connectivity index (χ2n) is 8.85. The van der Waals surface area contributed by atoms with Gasteiger partial charge in [0.1, 0.15) is 5.82 Å². The predicted molar refractivity (Wildman–Crippen MR) is 132 cm³/mol. The zero-order valence-corrected chi connectivity index (χ0v) is 19.9. The third-order valence-electron chi connectivity index (χ3n) is 5.09. The average molecular weight is 442 g/mol. The molecule has 6 nitrogen and oxygen atoms in total. The summed E-state index contributed by atoms with van der Waals surface area (Å²) in [7, 11) is 1.84. The minimum atomic E-state index is -0.189. The van der Waals surface area contributed by atoms with Crippen molar-refractivity contribution in [3.63, 3.8) is 0 Å². The lowest BCUT2D eigenvalue weighted by molar-refractivity contribution is 0.250. The van der Waals surface area contributed by atoms with Gasteiger partial charge >= 0.3 is 6.03 Å². The molecule has 0 unspecified atom stereocenters. The molecule has 7 heteroatoms. The Balaban J connectivity index is 0.00000341. The van der Waals surface area contributed by atoms with Crippen LogP contribution in [0.15, 0.2) is 36.5 Å². The fourth-order valence-corrected chi connectivity index (χ4v) is 3.29. The van der Waals surface area contributed by atoms with Crippen molar-refractivity contribution in [2.24, 2.45) is 5.41 Å². The molecule has 0 fully saturated rings. The lowest BCUT2D eigenvalue weighted by atomic mass is 9.92. The molecule has 0 bridgehead atoms. The predicted octanol–water partition coefficient (Wildman–Crippen LogP) is 5.93. The number of rotatable bonds is 5. The average Bonchev–Trinajstić information content (AvgIpc) is 2.67. The van der Waals surface area contributed by atoms with Crippen LogP contribution < -0.4 is 16.0 Å². The first-order valence-corrected chi connectivity index (χ1v) is 10.3. The third-order valence-corrected chi connectivity index (χ3v) is 5.09. The van der Waals surface area contributed by atoms with Gasteiger partial charge in [0.05, 0.1) is 5.52 Å². The SMILES string of the molecule is CNc1cc2nc(C)c(-c3cc(NC(=O)NCCC(C)(C)C)ccc3C)cc2cn1.Cl. The van der Waals surface area contributed by atoms with Crippen molar-refractivity contribution < 1.29 is 4.79 Å². The van der Waals surface area contributed by atoms with Crippen LogP contribution in [-0.4, -0.2) is 29.6 Å². The molecule has 2 aromatic heterocycles. The van der Waals surface area contributed by atoms with Crippen LogP contribution in [0.3, 0.4) is 0 Å². The Morgan fingerprint density at radius 3 is 2.48 bits per heavy atom. The number of carbonyl (C=O) groups excluding carboxylic acids is 1. The van der Waals surface area contributed by atoms with Crippen molar-refractivity contribution in [3.8, 4) is 11.1 Å². The van der Waals surface area contributed by atoms with Gasteiger partial charge in [0.25, 0.3) is 0 Å². The number of urea groups is 1. The van der Waals surface area contributed by atoms with E-state index in [1.54, 1.807) is 0 Å². The van der Waals surface area contributed by atoms with Crippen LogP contribution in [0.2, 0.25) is 0 Å². The van der Waals surface area contributed by atoms with Crippen molar-refractivity contribution in [3.05, 3.63) is 47.8 Å². The molecule has 0 aliphatic carbocycles. The van der Waals surface area contributed by atoms with Gasteiger partial charge < -0.3 is 16.0 Å². The van der Waals surface area contributed by atoms with Crippen LogP contribution in [0.1, 0.15) is 38.4 Å². The molecule has 0 saturated carbocycles. The second-order valence-corrected chi connectivity index (χ2v) is 8.85. The summed E-state index contributed by atoms with van der Waals surface area (Å²) >= 11 is 0. The molecular weight excluding hydrogens is 410 g/mol. The molecule has 31 heavy (non-hydrogen) atoms. The summed E-state index contributed by atoms with van der Waals surface area (Å²) in [6.07, 6.45) is 2.75. The number of hydrogen-bond donors (Lipinski definition) is 3. The van der Waals surface area contributed by atoms with Crippen molar-refractivity contribution in [1.82, 2.24) is 15.3 Å². The second kappa shape index (κ2) is 9.96. The molecule has 0 spiro atoms. The summed E-state index contributed by atoms with van der Waals surface area (Å²) in [6, 6.07) is 9.81. The highest BCUT2D eigenvalue weighted by molar-refractivity contribution is 5.91. The number of aryl methyl sites for hydroxylation is 2. The summed E-state index contributed by atoms with van der Waals surface area (Å²) in [5, 5.41) is 9.90. The lowest BCUT2D eigenvalue weighted by Gasteiger charge is -2.18. The maximum atomic E-state index is 12.3. The van der Waals surface area contributed by atoms with E-state index in [0.29, 0.717) is 6.54 Å². The Hall–Kier alpha value is -2.86. The van der Waals surface area contributed by atoms with Crippen LogP contribution in [0.5, 0.6) is 0 Å². The van der Waals surface area contributed by atoms with E-state index in [0.717, 1.165) is 51.2 Å². The van der Waals surface area contributed by atoms with Gasteiger partial charge in [-0.2, -0.15) is 0 Å². The minimum absolute atomic E-state index is 0. The summed E-state index contributed by atoms with van der Waals surface area (Å²) in [6.45, 7) is 11.2. The van der Waals surface area contributed by atoms with Gasteiger partial charge in [0.2, 0.25) is 0 Å². The van der Waals surface area contributed by atoms with E-state index < -0.39 is 0 Å². The molecule has 0 atom stereocenters. The van der Waals surface area contributed by atoms with E-state index in [1.807, 2.05) is 44.4 Å². The van der Waals surface area contributed by atoms with E-state index in [-0.39, 0.29) is 23.9 Å². The van der Waals surface area contributed by atoms with E-state index in [9.17, 15) is 4.79 Å². The summed E-state index contributed by atoms with van der Waals surface area (Å²) < 4.78 is 0. The van der Waals surface area contributed by atoms with Crippen LogP contribution in [0.4, 0.5) is 16.3 Å². The van der Waals surface area contributed by atoms with E-state index in [4.69, 9.17) is 4.98 Å². The first-order chi connectivity index (χ1) is 14.2. The summed E-state index contributed by atoms with van der Waals surface area (Å²) in [5.41, 5.74) is 5.99. The van der Waals surface area contributed by atoms with Gasteiger partial charge in [-0.05, 0) is 55.0 Å². The van der Waals surface area contributed by atoms with E-state index in [2.05, 4.69) is 54.7 Å². The topological polar surface area (TPSA) is 78.9 Å². The first-order valence-electron chi connectivity index (χ1n) is 10.3. The van der Waals surface area contributed by atoms with Crippen LogP contribution in [0, 0.1) is 19.3 Å². The lowest BCUT2D eigenvalue weighted by Crippen LogP contribution is -2.31. The molecule has 3 N–H and O–H groups in total. The van der Waals surface area contributed by atoms with Crippen molar-refractivity contribution >= 4 is 40.8 Å². The quantitative estimate of drug-likeness (QED) is 0.458. The van der Waals surface area contributed by atoms with Gasteiger partial charge in [-0.25, -0.2) is 9.78 Å². The number of anilines is 2. The Morgan fingerprint density at radius 2 is 1.81 bits per heavy atom. The Kier molecular flexibility index (Phi) is 7.85. The highest BCUT2D eigenvalue weighted by atomic mass is 35.5. The molecule has 166 valence electrons. The highest BCUT2D eigenvalue weighted by Crippen LogP contribution is 2.31. The molecule has 0 aliphatic rings. The Bertz CT molecular complexity index is 1080. The van der Waals surface area contributed by atoms with Crippen LogP contribution in [-0.2, 0) is 0 Å². The molecule has 3 aromatic rings. The number of benzene rings is 1. The molecule has 0 radical (unpaired) electrons. The maximum Gasteiger partial charge on any atom is 0.319 e. The number of fused-ring (bicyclic) bond motifs is 1. The first kappa shape index (κ1) is 24.4. The highest BCUT2D eigenvalue weighted by Gasteiger charge is 2.13. The number of hydrogen-bond acceptors (Lipinski definition) is 4. The van der Waals surface area contributed by atoms with Gasteiger partial charge in [0.15, 0.2) is 0 Å². The van der Waals surface area contributed by atoms with Crippen LogP contribution in [0.25, 0.3) is 22.0 Å². The fraction of sp³-hybridized carbons (Fsp3) is 0.375. The zero-order valence-electron chi connectivity index (χ0n) is 19.1. The Labute approximate surface area is 190 Å². The van der Waals surface area contributed by atoms with Gasteiger partial charge in [-0.15, -0.1) is 12.4 Å². The van der Waals surface area contributed by atoms with Crippen molar-refractivity contribution in [1.29, 1.82) is 0 Å². The smallest absolute Gasteiger partial charge is 0.319 e. The van der Waals surface area contributed by atoms with Crippen molar-refractivity contribution in [2.75, 3.05) is 24.2 Å². The largest absolute Gasteiger partial charge is 0.373 e. The summed E-state index contributed by atoms with van der Waals surface area (Å²) in [5.74, 6) is 0.794. The number of pyridine rings is 2. The van der Waals surface area contributed by atoms with E-state index >= 15 is 0 Å². The number of nitrogens with zero attached hydrogens (tertiary/aromatic N) is 2. The van der Waals surface area contributed by atoms with Gasteiger partial charge in [-0.3, -0.25) is 4.98 Å². The maximum absolute atomic E-state index is 12.3. The van der Waals surface area contributed by atoms with E-state index in [1.165, 1.54) is 0 Å². The van der Waals surface area contributed by atoms with Gasteiger partial charge in [-0.1, -0.05) is 26.8 Å². The van der Waals surface area contributed by atoms with Crippen molar-refractivity contribution in [2.45, 2.75) is 41.0 Å². The minimum Gasteiger partial charge on any atom is -0.373 e. The number of nitrogens with one attached hydrogen (secondary N) is 3. The zero-order chi connectivity index (χ0) is 21.9. The number of halogens is 1. The monoisotopic (exact) mass is 441 g/mol. The molecule has 1 aromatic carbocycles. The normalized spacial score (nSPS) is 11.0. The van der Waals surface area contributed by atoms with Crippen LogP contribution >= 0.6 is 12.4 Å². The summed E-state index contributed by atoms with van der Waals surface area (Å²) in [4.78, 5) is 21.5. The van der Waals surface area contributed by atoms with Gasteiger partial charge in [0, 0.05) is 48.2 Å². The molecule has 2 heterocycles.